The molecule has 0 aromatic carbocycles. The van der Waals surface area contributed by atoms with Gasteiger partial charge in [0.2, 0.25) is 0 Å². The topological polar surface area (TPSA) is 47.8 Å². The number of fused-ring (bicyclic) bond motifs is 1. The lowest BCUT2D eigenvalue weighted by Crippen LogP contribution is -2.26. The zero-order valence-corrected chi connectivity index (χ0v) is 14.5. The summed E-state index contributed by atoms with van der Waals surface area (Å²) in [4.78, 5) is 24.8. The van der Waals surface area contributed by atoms with Gasteiger partial charge in [0.25, 0.3) is 5.56 Å². The molecule has 1 aliphatic rings. The molecule has 2 aromatic heterocycles. The van der Waals surface area contributed by atoms with Crippen molar-refractivity contribution in [3.63, 3.8) is 0 Å². The predicted octanol–water partition coefficient (Wildman–Crippen LogP) is 4.23. The smallest absolute Gasteiger partial charge is 0.343 e. The van der Waals surface area contributed by atoms with E-state index in [2.05, 4.69) is 0 Å². The summed E-state index contributed by atoms with van der Waals surface area (Å²) >= 11 is 6.06. The average molecular weight is 352 g/mol. The molecule has 24 heavy (non-hydrogen) atoms. The molecule has 1 saturated carbocycles. The van der Waals surface area contributed by atoms with Crippen LogP contribution in [0.2, 0.25) is 5.02 Å². The summed E-state index contributed by atoms with van der Waals surface area (Å²) < 4.78 is 20.3. The highest BCUT2D eigenvalue weighted by Crippen LogP contribution is 2.38. The Balaban J connectivity index is 2.37. The quantitative estimate of drug-likeness (QED) is 0.777. The number of carbonyl (C=O) groups excluding carboxylic acids is 1. The number of esters is 1. The molecule has 3 rings (SSSR count). The minimum atomic E-state index is -0.679. The maximum atomic E-state index is 14.1. The first kappa shape index (κ1) is 17.0. The summed E-state index contributed by atoms with van der Waals surface area (Å²) in [6.07, 6.45) is 5.21. The van der Waals surface area contributed by atoms with Crippen molar-refractivity contribution in [3.05, 3.63) is 50.1 Å². The van der Waals surface area contributed by atoms with E-state index in [-0.39, 0.29) is 23.1 Å². The maximum absolute atomic E-state index is 14.1. The van der Waals surface area contributed by atoms with E-state index in [1.54, 1.807) is 19.9 Å². The van der Waals surface area contributed by atoms with E-state index >= 15 is 0 Å². The number of ether oxygens (including phenoxy) is 1. The minimum absolute atomic E-state index is 0.0116. The van der Waals surface area contributed by atoms with Gasteiger partial charge in [-0.3, -0.25) is 9.20 Å². The molecular weight excluding hydrogens is 333 g/mol. The fraction of sp³-hybridized carbons (Fsp3) is 0.444. The summed E-state index contributed by atoms with van der Waals surface area (Å²) in [7, 11) is 0. The SMILES string of the molecule is CCOC(=O)c1cc(C2CCCC2)c2c(C)c(Cl)c(F)cn2c1=O. The van der Waals surface area contributed by atoms with E-state index in [9.17, 15) is 14.0 Å². The van der Waals surface area contributed by atoms with Gasteiger partial charge in [-0.05, 0) is 49.8 Å². The molecule has 2 heterocycles. The van der Waals surface area contributed by atoms with Gasteiger partial charge in [-0.25, -0.2) is 9.18 Å². The molecule has 0 radical (unpaired) electrons. The van der Waals surface area contributed by atoms with Crippen LogP contribution in [-0.2, 0) is 4.74 Å². The Hall–Kier alpha value is -1.88. The van der Waals surface area contributed by atoms with Crippen LogP contribution in [-0.4, -0.2) is 17.0 Å². The van der Waals surface area contributed by atoms with Gasteiger partial charge in [-0.15, -0.1) is 0 Å². The molecule has 0 bridgehead atoms. The Morgan fingerprint density at radius 1 is 1.42 bits per heavy atom. The fourth-order valence-electron chi connectivity index (χ4n) is 3.53. The number of nitrogens with zero attached hydrogens (tertiary/aromatic N) is 1. The third-order valence-electron chi connectivity index (χ3n) is 4.69. The lowest BCUT2D eigenvalue weighted by molar-refractivity contribution is 0.0524. The van der Waals surface area contributed by atoms with Crippen LogP contribution in [0.3, 0.4) is 0 Å². The van der Waals surface area contributed by atoms with Crippen molar-refractivity contribution in [2.24, 2.45) is 0 Å². The molecule has 128 valence electrons. The monoisotopic (exact) mass is 351 g/mol. The van der Waals surface area contributed by atoms with Crippen molar-refractivity contribution in [2.45, 2.75) is 45.4 Å². The highest BCUT2D eigenvalue weighted by molar-refractivity contribution is 6.32. The second kappa shape index (κ2) is 6.55. The van der Waals surface area contributed by atoms with E-state index in [0.717, 1.165) is 37.4 Å². The van der Waals surface area contributed by atoms with Gasteiger partial charge in [0.15, 0.2) is 5.82 Å². The molecule has 6 heteroatoms. The number of rotatable bonds is 3. The minimum Gasteiger partial charge on any atom is -0.462 e. The summed E-state index contributed by atoms with van der Waals surface area (Å²) in [6, 6.07) is 1.62. The fourth-order valence-corrected chi connectivity index (χ4v) is 3.67. The molecule has 1 aliphatic carbocycles. The molecule has 0 aliphatic heterocycles. The average Bonchev–Trinajstić information content (AvgIpc) is 3.08. The van der Waals surface area contributed by atoms with Gasteiger partial charge in [-0.1, -0.05) is 24.4 Å². The van der Waals surface area contributed by atoms with Crippen LogP contribution in [0.1, 0.15) is 60.0 Å². The van der Waals surface area contributed by atoms with Gasteiger partial charge in [0.1, 0.15) is 5.56 Å². The van der Waals surface area contributed by atoms with Gasteiger partial charge in [0.05, 0.1) is 17.1 Å². The molecule has 0 N–H and O–H groups in total. The van der Waals surface area contributed by atoms with Crippen molar-refractivity contribution < 1.29 is 13.9 Å². The summed E-state index contributed by atoms with van der Waals surface area (Å²) in [5, 5.41) is 0.0116. The molecule has 0 saturated heterocycles. The van der Waals surface area contributed by atoms with Crippen LogP contribution in [0, 0.1) is 12.7 Å². The van der Waals surface area contributed by atoms with Crippen molar-refractivity contribution in [2.75, 3.05) is 6.61 Å². The number of carbonyl (C=O) groups is 1. The molecule has 0 spiro atoms. The van der Waals surface area contributed by atoms with Crippen LogP contribution in [0.4, 0.5) is 4.39 Å². The lowest BCUT2D eigenvalue weighted by atomic mass is 9.94. The zero-order chi connectivity index (χ0) is 17.4. The van der Waals surface area contributed by atoms with Crippen LogP contribution in [0.5, 0.6) is 0 Å². The second-order valence-electron chi connectivity index (χ2n) is 6.15. The number of halogens is 2. The first-order valence-electron chi connectivity index (χ1n) is 8.16. The Morgan fingerprint density at radius 2 is 2.08 bits per heavy atom. The molecule has 2 aromatic rings. The molecular formula is C18H19ClFNO3. The van der Waals surface area contributed by atoms with Crippen LogP contribution < -0.4 is 5.56 Å². The molecule has 0 atom stereocenters. The number of aryl methyl sites for hydroxylation is 1. The first-order valence-corrected chi connectivity index (χ1v) is 8.54. The standard InChI is InChI=1S/C18H19ClFNO3/c1-3-24-18(23)13-8-12(11-6-4-5-7-11)16-10(2)15(19)14(20)9-21(16)17(13)22/h8-9,11H,3-7H2,1-2H3. The van der Waals surface area contributed by atoms with E-state index in [1.807, 2.05) is 0 Å². The van der Waals surface area contributed by atoms with Crippen LogP contribution >= 0.6 is 11.6 Å². The van der Waals surface area contributed by atoms with Crippen molar-refractivity contribution in [1.29, 1.82) is 0 Å². The van der Waals surface area contributed by atoms with E-state index < -0.39 is 17.3 Å². The summed E-state index contributed by atoms with van der Waals surface area (Å²) in [5.41, 5.74) is 1.35. The molecule has 0 amide bonds. The highest BCUT2D eigenvalue weighted by atomic mass is 35.5. The number of hydrogen-bond acceptors (Lipinski definition) is 3. The third-order valence-corrected chi connectivity index (χ3v) is 5.15. The van der Waals surface area contributed by atoms with Crippen molar-refractivity contribution in [3.8, 4) is 0 Å². The normalized spacial score (nSPS) is 15.2. The first-order chi connectivity index (χ1) is 11.5. The number of aromatic nitrogens is 1. The second-order valence-corrected chi connectivity index (χ2v) is 6.53. The maximum Gasteiger partial charge on any atom is 0.343 e. The molecule has 4 nitrogen and oxygen atoms in total. The Kier molecular flexibility index (Phi) is 4.63. The largest absolute Gasteiger partial charge is 0.462 e. The van der Waals surface area contributed by atoms with E-state index in [1.165, 1.54) is 4.40 Å². The van der Waals surface area contributed by atoms with Crippen molar-refractivity contribution in [1.82, 2.24) is 4.40 Å². The van der Waals surface area contributed by atoms with Crippen LogP contribution in [0.15, 0.2) is 17.1 Å². The Labute approximate surface area is 144 Å². The predicted molar refractivity (Wildman–Crippen MR) is 90.5 cm³/mol. The highest BCUT2D eigenvalue weighted by Gasteiger charge is 2.26. The Bertz CT molecular complexity index is 869. The lowest BCUT2D eigenvalue weighted by Gasteiger charge is -2.18. The van der Waals surface area contributed by atoms with E-state index in [4.69, 9.17) is 16.3 Å². The van der Waals surface area contributed by atoms with E-state index in [0.29, 0.717) is 11.1 Å². The number of hydrogen-bond donors (Lipinski definition) is 0. The van der Waals surface area contributed by atoms with Gasteiger partial charge in [-0.2, -0.15) is 0 Å². The Morgan fingerprint density at radius 3 is 2.71 bits per heavy atom. The van der Waals surface area contributed by atoms with Gasteiger partial charge >= 0.3 is 5.97 Å². The zero-order valence-electron chi connectivity index (χ0n) is 13.7. The van der Waals surface area contributed by atoms with Crippen LogP contribution in [0.25, 0.3) is 5.52 Å². The number of pyridine rings is 2. The molecule has 0 unspecified atom stereocenters. The third kappa shape index (κ3) is 2.71. The van der Waals surface area contributed by atoms with Crippen molar-refractivity contribution >= 4 is 23.1 Å². The summed E-state index contributed by atoms with van der Waals surface area (Å²) in [5.74, 6) is -1.12. The summed E-state index contributed by atoms with van der Waals surface area (Å²) in [6.45, 7) is 3.55. The molecule has 1 fully saturated rings. The van der Waals surface area contributed by atoms with Gasteiger partial charge < -0.3 is 4.74 Å². The van der Waals surface area contributed by atoms with Gasteiger partial charge in [0, 0.05) is 6.20 Å².